The maximum Gasteiger partial charge on any atom is 0.408 e. The van der Waals surface area contributed by atoms with Crippen LogP contribution in [0.2, 0.25) is 0 Å². The number of nitrogens with one attached hydrogen (secondary N) is 1. The second-order valence-corrected chi connectivity index (χ2v) is 6.36. The molecule has 0 radical (unpaired) electrons. The van der Waals surface area contributed by atoms with Crippen LogP contribution in [-0.4, -0.2) is 31.0 Å². The first-order valence-electron chi connectivity index (χ1n) is 8.62. The van der Waals surface area contributed by atoms with Gasteiger partial charge in [0.1, 0.15) is 6.61 Å². The highest BCUT2D eigenvalue weighted by Crippen LogP contribution is 2.14. The number of hydrogen-bond donors (Lipinski definition) is 1. The molecule has 6 heteroatoms. The van der Waals surface area contributed by atoms with Crippen LogP contribution in [-0.2, 0) is 16.1 Å². The largest absolute Gasteiger partial charge is 0.465 e. The molecule has 0 saturated carbocycles. The van der Waals surface area contributed by atoms with E-state index >= 15 is 0 Å². The minimum atomic E-state index is -0.777. The SMILES string of the molecule is COC(=O)c1cccc(C(=O)C(NC(=O)OCc2ccccc2)C(C)C)c1. The third-order valence-corrected chi connectivity index (χ3v) is 4.00. The van der Waals surface area contributed by atoms with Gasteiger partial charge in [-0.15, -0.1) is 0 Å². The molecule has 1 amide bonds. The Balaban J connectivity index is 2.06. The number of hydrogen-bond acceptors (Lipinski definition) is 5. The van der Waals surface area contributed by atoms with Gasteiger partial charge in [-0.3, -0.25) is 4.79 Å². The Bertz CT molecular complexity index is 801. The van der Waals surface area contributed by atoms with E-state index in [1.807, 2.05) is 44.2 Å². The summed E-state index contributed by atoms with van der Waals surface area (Å²) in [7, 11) is 1.28. The fourth-order valence-electron chi connectivity index (χ4n) is 2.52. The molecule has 2 aromatic carbocycles. The molecule has 0 aliphatic carbocycles. The smallest absolute Gasteiger partial charge is 0.408 e. The van der Waals surface area contributed by atoms with Crippen LogP contribution in [0.4, 0.5) is 4.79 Å². The average molecular weight is 369 g/mol. The van der Waals surface area contributed by atoms with Crippen molar-refractivity contribution in [3.63, 3.8) is 0 Å². The van der Waals surface area contributed by atoms with Crippen LogP contribution in [0.3, 0.4) is 0 Å². The number of methoxy groups -OCH3 is 1. The number of Topliss-reactive ketones (excluding diaryl/α,β-unsaturated/α-hetero) is 1. The molecule has 0 bridgehead atoms. The van der Waals surface area contributed by atoms with Gasteiger partial charge in [0.15, 0.2) is 5.78 Å². The van der Waals surface area contributed by atoms with Gasteiger partial charge in [-0.1, -0.05) is 56.3 Å². The van der Waals surface area contributed by atoms with Crippen LogP contribution < -0.4 is 5.32 Å². The molecule has 1 N–H and O–H groups in total. The van der Waals surface area contributed by atoms with Crippen LogP contribution >= 0.6 is 0 Å². The molecule has 0 heterocycles. The van der Waals surface area contributed by atoms with Crippen LogP contribution in [0.15, 0.2) is 54.6 Å². The maximum atomic E-state index is 12.8. The number of benzene rings is 2. The van der Waals surface area contributed by atoms with Gasteiger partial charge < -0.3 is 14.8 Å². The van der Waals surface area contributed by atoms with E-state index < -0.39 is 18.1 Å². The van der Waals surface area contributed by atoms with E-state index in [4.69, 9.17) is 4.74 Å². The average Bonchev–Trinajstić information content (AvgIpc) is 2.70. The molecular formula is C21H23NO5. The number of ether oxygens (including phenoxy) is 2. The van der Waals surface area contributed by atoms with Gasteiger partial charge in [0, 0.05) is 5.56 Å². The van der Waals surface area contributed by atoms with Crippen LogP contribution in [0.1, 0.15) is 40.1 Å². The lowest BCUT2D eigenvalue weighted by Gasteiger charge is -2.21. The van der Waals surface area contributed by atoms with Gasteiger partial charge in [-0.05, 0) is 23.6 Å². The van der Waals surface area contributed by atoms with E-state index in [1.54, 1.807) is 18.2 Å². The van der Waals surface area contributed by atoms with E-state index in [0.29, 0.717) is 5.56 Å². The normalized spacial score (nSPS) is 11.6. The Morgan fingerprint density at radius 1 is 0.963 bits per heavy atom. The molecule has 0 aliphatic rings. The Hall–Kier alpha value is -3.15. The van der Waals surface area contributed by atoms with Crippen molar-refractivity contribution in [2.45, 2.75) is 26.5 Å². The van der Waals surface area contributed by atoms with E-state index in [0.717, 1.165) is 5.56 Å². The fraction of sp³-hybridized carbons (Fsp3) is 0.286. The van der Waals surface area contributed by atoms with Crippen molar-refractivity contribution in [1.82, 2.24) is 5.32 Å². The molecule has 0 aromatic heterocycles. The van der Waals surface area contributed by atoms with Gasteiger partial charge >= 0.3 is 12.1 Å². The quantitative estimate of drug-likeness (QED) is 0.596. The van der Waals surface area contributed by atoms with Crippen molar-refractivity contribution in [3.05, 3.63) is 71.3 Å². The highest BCUT2D eigenvalue weighted by atomic mass is 16.5. The van der Waals surface area contributed by atoms with Crippen molar-refractivity contribution in [3.8, 4) is 0 Å². The molecule has 6 nitrogen and oxygen atoms in total. The van der Waals surface area contributed by atoms with Crippen molar-refractivity contribution in [1.29, 1.82) is 0 Å². The maximum absolute atomic E-state index is 12.8. The summed E-state index contributed by atoms with van der Waals surface area (Å²) in [5.41, 5.74) is 1.45. The summed E-state index contributed by atoms with van der Waals surface area (Å²) in [6.07, 6.45) is -0.671. The zero-order valence-corrected chi connectivity index (χ0v) is 15.6. The molecule has 27 heavy (non-hydrogen) atoms. The van der Waals surface area contributed by atoms with Crippen LogP contribution in [0, 0.1) is 5.92 Å². The second kappa shape index (κ2) is 9.52. The van der Waals surface area contributed by atoms with Gasteiger partial charge in [0.2, 0.25) is 0 Å². The number of rotatable bonds is 7. The summed E-state index contributed by atoms with van der Waals surface area (Å²) in [6, 6.07) is 14.7. The van der Waals surface area contributed by atoms with Crippen LogP contribution in [0.25, 0.3) is 0 Å². The molecule has 0 saturated heterocycles. The first-order chi connectivity index (χ1) is 12.9. The fourth-order valence-corrected chi connectivity index (χ4v) is 2.52. The van der Waals surface area contributed by atoms with Crippen molar-refractivity contribution < 1.29 is 23.9 Å². The molecule has 0 spiro atoms. The highest BCUT2D eigenvalue weighted by molar-refractivity contribution is 6.03. The van der Waals surface area contributed by atoms with Gasteiger partial charge in [0.25, 0.3) is 0 Å². The molecule has 0 aliphatic heterocycles. The van der Waals surface area contributed by atoms with Crippen molar-refractivity contribution >= 4 is 17.8 Å². The number of esters is 1. The minimum Gasteiger partial charge on any atom is -0.465 e. The molecule has 2 rings (SSSR count). The van der Waals surface area contributed by atoms with Gasteiger partial charge in [-0.2, -0.15) is 0 Å². The van der Waals surface area contributed by atoms with E-state index in [9.17, 15) is 14.4 Å². The molecule has 2 aromatic rings. The number of amides is 1. The summed E-state index contributed by atoms with van der Waals surface area (Å²) in [6.45, 7) is 3.76. The number of carbonyl (C=O) groups is 3. The molecule has 1 atom stereocenters. The lowest BCUT2D eigenvalue weighted by molar-refractivity contribution is 0.0600. The van der Waals surface area contributed by atoms with E-state index in [2.05, 4.69) is 10.1 Å². The monoisotopic (exact) mass is 369 g/mol. The summed E-state index contributed by atoms with van der Waals surface area (Å²) in [4.78, 5) is 36.6. The second-order valence-electron chi connectivity index (χ2n) is 6.36. The first-order valence-corrected chi connectivity index (χ1v) is 8.62. The van der Waals surface area contributed by atoms with Gasteiger partial charge in [-0.25, -0.2) is 9.59 Å². The minimum absolute atomic E-state index is 0.115. The lowest BCUT2D eigenvalue weighted by Crippen LogP contribution is -2.44. The molecule has 1 unspecified atom stereocenters. The zero-order valence-electron chi connectivity index (χ0n) is 15.6. The molecule has 142 valence electrons. The standard InChI is InChI=1S/C21H23NO5/c1-14(2)18(22-21(25)27-13-15-8-5-4-6-9-15)19(23)16-10-7-11-17(12-16)20(24)26-3/h4-12,14,18H,13H2,1-3H3,(H,22,25). The third kappa shape index (κ3) is 5.67. The number of alkyl carbamates (subject to hydrolysis) is 1. The van der Waals surface area contributed by atoms with E-state index in [-0.39, 0.29) is 23.9 Å². The lowest BCUT2D eigenvalue weighted by atomic mass is 9.94. The molecular weight excluding hydrogens is 346 g/mol. The van der Waals surface area contributed by atoms with Crippen LogP contribution in [0.5, 0.6) is 0 Å². The first kappa shape index (κ1) is 20.2. The summed E-state index contributed by atoms with van der Waals surface area (Å²) in [5, 5.41) is 2.62. The Morgan fingerprint density at radius 3 is 2.26 bits per heavy atom. The van der Waals surface area contributed by atoms with Crippen molar-refractivity contribution in [2.24, 2.45) is 5.92 Å². The van der Waals surface area contributed by atoms with E-state index in [1.165, 1.54) is 13.2 Å². The predicted molar refractivity (Wildman–Crippen MR) is 101 cm³/mol. The Labute approximate surface area is 158 Å². The Morgan fingerprint density at radius 2 is 1.63 bits per heavy atom. The Kier molecular flexibility index (Phi) is 7.11. The highest BCUT2D eigenvalue weighted by Gasteiger charge is 2.26. The molecule has 0 fully saturated rings. The summed E-state index contributed by atoms with van der Waals surface area (Å²) >= 11 is 0. The summed E-state index contributed by atoms with van der Waals surface area (Å²) < 4.78 is 9.88. The van der Waals surface area contributed by atoms with Crippen molar-refractivity contribution in [2.75, 3.05) is 7.11 Å². The number of ketones is 1. The summed E-state index contributed by atoms with van der Waals surface area (Å²) in [5.74, 6) is -0.989. The number of carbonyl (C=O) groups excluding carboxylic acids is 3. The third-order valence-electron chi connectivity index (χ3n) is 4.00. The zero-order chi connectivity index (χ0) is 19.8. The van der Waals surface area contributed by atoms with Gasteiger partial charge in [0.05, 0.1) is 18.7 Å². The predicted octanol–water partition coefficient (Wildman–Crippen LogP) is 3.61. The topological polar surface area (TPSA) is 81.7 Å².